The number of carbonyl (C=O) groups is 1. The van der Waals surface area contributed by atoms with Crippen LogP contribution in [0.4, 0.5) is 0 Å². The van der Waals surface area contributed by atoms with E-state index in [1.54, 1.807) is 19.9 Å². The number of rotatable bonds is 6. The molecular formula is C12H15N3O4S. The lowest BCUT2D eigenvalue weighted by molar-refractivity contribution is -0.137. The molecule has 0 spiro atoms. The quantitative estimate of drug-likeness (QED) is 0.804. The first-order chi connectivity index (χ1) is 9.18. The van der Waals surface area contributed by atoms with E-state index in [-0.39, 0.29) is 23.4 Å². The van der Waals surface area contributed by atoms with E-state index >= 15 is 0 Å². The summed E-state index contributed by atoms with van der Waals surface area (Å²) in [6.45, 7) is 3.16. The third-order valence-corrected chi connectivity index (χ3v) is 4.27. The molecule has 0 unspecified atom stereocenters. The predicted molar refractivity (Wildman–Crippen MR) is 70.2 cm³/mol. The number of hydrogen-bond acceptors (Lipinski definition) is 5. The van der Waals surface area contributed by atoms with Gasteiger partial charge in [-0.3, -0.25) is 4.79 Å². The molecule has 0 fully saturated rings. The average molecular weight is 297 g/mol. The average Bonchev–Trinajstić information content (AvgIpc) is 2.35. The van der Waals surface area contributed by atoms with Gasteiger partial charge in [-0.1, -0.05) is 0 Å². The molecule has 0 aliphatic carbocycles. The van der Waals surface area contributed by atoms with Crippen molar-refractivity contribution >= 4 is 16.0 Å². The van der Waals surface area contributed by atoms with Gasteiger partial charge in [0.05, 0.1) is 0 Å². The van der Waals surface area contributed by atoms with Gasteiger partial charge < -0.3 is 5.11 Å². The van der Waals surface area contributed by atoms with E-state index in [0.29, 0.717) is 0 Å². The third-order valence-electron chi connectivity index (χ3n) is 2.54. The van der Waals surface area contributed by atoms with Gasteiger partial charge in [0.15, 0.2) is 5.69 Å². The number of aromatic nitrogens is 1. The largest absolute Gasteiger partial charge is 0.481 e. The molecule has 7 nitrogen and oxygen atoms in total. The molecule has 0 radical (unpaired) electrons. The molecule has 20 heavy (non-hydrogen) atoms. The predicted octanol–water partition coefficient (Wildman–Crippen LogP) is 0.875. The maximum Gasteiger partial charge on any atom is 0.303 e. The molecule has 1 rings (SSSR count). The summed E-state index contributed by atoms with van der Waals surface area (Å²) in [7, 11) is -3.94. The SMILES string of the molecule is CC(C)(CCC(=O)O)NS(=O)(=O)c1cccnc1C#N. The number of hydrogen-bond donors (Lipinski definition) is 2. The van der Waals surface area contributed by atoms with E-state index in [1.807, 2.05) is 0 Å². The number of nitrogens with one attached hydrogen (secondary N) is 1. The van der Waals surface area contributed by atoms with Gasteiger partial charge in [-0.2, -0.15) is 5.26 Å². The summed E-state index contributed by atoms with van der Waals surface area (Å²) in [5.74, 6) is -1.00. The van der Waals surface area contributed by atoms with Crippen molar-refractivity contribution < 1.29 is 18.3 Å². The Kier molecular flexibility index (Phi) is 4.81. The van der Waals surface area contributed by atoms with Crippen molar-refractivity contribution in [1.82, 2.24) is 9.71 Å². The highest BCUT2D eigenvalue weighted by molar-refractivity contribution is 7.89. The summed E-state index contributed by atoms with van der Waals surface area (Å²) in [5.41, 5.74) is -1.14. The highest BCUT2D eigenvalue weighted by Gasteiger charge is 2.28. The summed E-state index contributed by atoms with van der Waals surface area (Å²) in [5, 5.41) is 17.5. The minimum atomic E-state index is -3.94. The lowest BCUT2D eigenvalue weighted by atomic mass is 10.0. The number of aliphatic carboxylic acids is 1. The number of sulfonamides is 1. The van der Waals surface area contributed by atoms with Crippen LogP contribution in [0.2, 0.25) is 0 Å². The van der Waals surface area contributed by atoms with Crippen LogP contribution >= 0.6 is 0 Å². The van der Waals surface area contributed by atoms with Crippen LogP contribution in [0.1, 0.15) is 32.4 Å². The van der Waals surface area contributed by atoms with Crippen LogP contribution in [0.3, 0.4) is 0 Å². The smallest absolute Gasteiger partial charge is 0.303 e. The first-order valence-electron chi connectivity index (χ1n) is 5.79. The molecule has 0 aliphatic heterocycles. The van der Waals surface area contributed by atoms with Crippen LogP contribution in [0.25, 0.3) is 0 Å². The molecule has 0 saturated heterocycles. The zero-order valence-corrected chi connectivity index (χ0v) is 11.9. The fraction of sp³-hybridized carbons (Fsp3) is 0.417. The third kappa shape index (κ3) is 4.29. The van der Waals surface area contributed by atoms with Gasteiger partial charge >= 0.3 is 5.97 Å². The number of pyridine rings is 1. The first kappa shape index (κ1) is 16.1. The van der Waals surface area contributed by atoms with Crippen molar-refractivity contribution in [2.75, 3.05) is 0 Å². The van der Waals surface area contributed by atoms with E-state index in [0.717, 1.165) is 0 Å². The zero-order chi connectivity index (χ0) is 15.4. The Hall–Kier alpha value is -1.98. The highest BCUT2D eigenvalue weighted by atomic mass is 32.2. The van der Waals surface area contributed by atoms with Crippen LogP contribution in [-0.2, 0) is 14.8 Å². The summed E-state index contributed by atoms with van der Waals surface area (Å²) in [4.78, 5) is 14.0. The van der Waals surface area contributed by atoms with Crippen LogP contribution in [0.5, 0.6) is 0 Å². The van der Waals surface area contributed by atoms with E-state index in [4.69, 9.17) is 10.4 Å². The Morgan fingerprint density at radius 1 is 1.55 bits per heavy atom. The van der Waals surface area contributed by atoms with Gasteiger partial charge in [0.1, 0.15) is 11.0 Å². The molecule has 1 heterocycles. The van der Waals surface area contributed by atoms with E-state index in [2.05, 4.69) is 9.71 Å². The van der Waals surface area contributed by atoms with Crippen molar-refractivity contribution in [3.05, 3.63) is 24.0 Å². The monoisotopic (exact) mass is 297 g/mol. The number of nitrogens with zero attached hydrogens (tertiary/aromatic N) is 2. The number of carboxylic acids is 1. The second kappa shape index (κ2) is 5.98. The fourth-order valence-electron chi connectivity index (χ4n) is 1.58. The zero-order valence-electron chi connectivity index (χ0n) is 11.1. The molecule has 0 aromatic carbocycles. The van der Waals surface area contributed by atoms with Gasteiger partial charge in [0.25, 0.3) is 0 Å². The Balaban J connectivity index is 3.01. The van der Waals surface area contributed by atoms with Crippen molar-refractivity contribution in [3.8, 4) is 6.07 Å². The van der Waals surface area contributed by atoms with Crippen molar-refractivity contribution in [2.24, 2.45) is 0 Å². The summed E-state index contributed by atoms with van der Waals surface area (Å²) < 4.78 is 26.8. The van der Waals surface area contributed by atoms with Crippen LogP contribution in [0.15, 0.2) is 23.2 Å². The lowest BCUT2D eigenvalue weighted by Crippen LogP contribution is -2.43. The van der Waals surface area contributed by atoms with Crippen molar-refractivity contribution in [2.45, 2.75) is 37.1 Å². The maximum absolute atomic E-state index is 12.2. The molecule has 0 atom stereocenters. The molecule has 1 aromatic rings. The second-order valence-corrected chi connectivity index (χ2v) is 6.50. The van der Waals surface area contributed by atoms with E-state index in [1.165, 1.54) is 18.3 Å². The van der Waals surface area contributed by atoms with Crippen LogP contribution < -0.4 is 4.72 Å². The standard InChI is InChI=1S/C12H15N3O4S/c1-12(2,6-5-11(16)17)15-20(18,19)10-4-3-7-14-9(10)8-13/h3-4,7,15H,5-6H2,1-2H3,(H,16,17). The molecule has 0 saturated carbocycles. The highest BCUT2D eigenvalue weighted by Crippen LogP contribution is 2.18. The van der Waals surface area contributed by atoms with Crippen LogP contribution in [-0.4, -0.2) is 30.0 Å². The molecule has 0 amide bonds. The van der Waals surface area contributed by atoms with Gasteiger partial charge in [-0.25, -0.2) is 18.1 Å². The van der Waals surface area contributed by atoms with Crippen LogP contribution in [0, 0.1) is 11.3 Å². The molecule has 0 bridgehead atoms. The lowest BCUT2D eigenvalue weighted by Gasteiger charge is -2.25. The minimum Gasteiger partial charge on any atom is -0.481 e. The Bertz CT molecular complexity index is 647. The summed E-state index contributed by atoms with van der Waals surface area (Å²) >= 11 is 0. The molecule has 108 valence electrons. The Morgan fingerprint density at radius 3 is 2.75 bits per heavy atom. The molecule has 1 aromatic heterocycles. The van der Waals surface area contributed by atoms with Crippen molar-refractivity contribution in [1.29, 1.82) is 5.26 Å². The van der Waals surface area contributed by atoms with Gasteiger partial charge in [0.2, 0.25) is 10.0 Å². The van der Waals surface area contributed by atoms with Gasteiger partial charge in [0, 0.05) is 18.2 Å². The molecule has 0 aliphatic rings. The molecule has 2 N–H and O–H groups in total. The Morgan fingerprint density at radius 2 is 2.20 bits per heavy atom. The topological polar surface area (TPSA) is 120 Å². The Labute approximate surface area is 117 Å². The van der Waals surface area contributed by atoms with Crippen molar-refractivity contribution in [3.63, 3.8) is 0 Å². The van der Waals surface area contributed by atoms with E-state index < -0.39 is 21.5 Å². The first-order valence-corrected chi connectivity index (χ1v) is 7.27. The number of nitriles is 1. The fourth-order valence-corrected chi connectivity index (χ4v) is 3.13. The summed E-state index contributed by atoms with van der Waals surface area (Å²) in [6, 6.07) is 4.41. The summed E-state index contributed by atoms with van der Waals surface area (Å²) in [6.07, 6.45) is 1.30. The normalized spacial score (nSPS) is 11.8. The van der Waals surface area contributed by atoms with Gasteiger partial charge in [-0.05, 0) is 32.4 Å². The molecule has 8 heteroatoms. The maximum atomic E-state index is 12.2. The minimum absolute atomic E-state index is 0.129. The van der Waals surface area contributed by atoms with E-state index in [9.17, 15) is 13.2 Å². The molecular weight excluding hydrogens is 282 g/mol. The number of carboxylic acid groups (broad SMARTS) is 1. The second-order valence-electron chi connectivity index (χ2n) is 4.85. The van der Waals surface area contributed by atoms with Gasteiger partial charge in [-0.15, -0.1) is 0 Å².